The molecule has 7 heteroatoms. The number of hydrogen-bond donors (Lipinski definition) is 0. The predicted octanol–water partition coefficient (Wildman–Crippen LogP) is 5.19. The fraction of sp³-hybridized carbons (Fsp3) is 0.0769. The van der Waals surface area contributed by atoms with Gasteiger partial charge in [-0.25, -0.2) is 22.2 Å². The maximum atomic E-state index is 13.9. The van der Waals surface area contributed by atoms with E-state index in [0.29, 0.717) is 22.2 Å². The van der Waals surface area contributed by atoms with E-state index < -0.39 is 16.0 Å². The van der Waals surface area contributed by atoms with E-state index in [1.165, 1.54) is 11.1 Å². The molecule has 0 amide bonds. The van der Waals surface area contributed by atoms with E-state index in [1.54, 1.807) is 42.5 Å². The zero-order valence-electron chi connectivity index (χ0n) is 18.0. The normalized spacial score (nSPS) is 11.7. The number of nitrogens with zero attached hydrogens (tertiary/aromatic N) is 2. The van der Waals surface area contributed by atoms with Crippen LogP contribution in [0.5, 0.6) is 0 Å². The molecule has 0 aliphatic rings. The summed E-state index contributed by atoms with van der Waals surface area (Å²) in [6, 6.07) is 24.8. The highest BCUT2D eigenvalue weighted by Gasteiger charge is 2.26. The van der Waals surface area contributed by atoms with Gasteiger partial charge in [-0.1, -0.05) is 60.2 Å². The summed E-state index contributed by atoms with van der Waals surface area (Å²) in [7, 11) is -2.69. The minimum Gasteiger partial charge on any atom is -0.465 e. The van der Waals surface area contributed by atoms with Crippen LogP contribution in [-0.2, 0) is 14.8 Å². The lowest BCUT2D eigenvalue weighted by Gasteiger charge is -2.12. The van der Waals surface area contributed by atoms with E-state index in [1.807, 2.05) is 49.4 Å². The first-order valence-electron chi connectivity index (χ1n) is 10.3. The van der Waals surface area contributed by atoms with Crippen molar-refractivity contribution >= 4 is 37.8 Å². The Hall–Kier alpha value is -3.97. The van der Waals surface area contributed by atoms with Gasteiger partial charge in [0, 0.05) is 5.56 Å². The highest BCUT2D eigenvalue weighted by atomic mass is 32.2. The molecular formula is C26H20N2O4S. The molecule has 164 valence electrons. The number of ether oxygens (including phenoxy) is 1. The van der Waals surface area contributed by atoms with E-state index >= 15 is 0 Å². The molecule has 1 heterocycles. The van der Waals surface area contributed by atoms with Gasteiger partial charge in [0.1, 0.15) is 0 Å². The Labute approximate surface area is 191 Å². The third-order valence-electron chi connectivity index (χ3n) is 5.62. The van der Waals surface area contributed by atoms with Crippen LogP contribution in [0.25, 0.3) is 33.2 Å². The second-order valence-corrected chi connectivity index (χ2v) is 9.53. The predicted molar refractivity (Wildman–Crippen MR) is 128 cm³/mol. The lowest BCUT2D eigenvalue weighted by atomic mass is 10.0. The number of fused-ring (bicyclic) bond motifs is 2. The van der Waals surface area contributed by atoms with Gasteiger partial charge < -0.3 is 4.74 Å². The highest BCUT2D eigenvalue weighted by molar-refractivity contribution is 7.90. The molecule has 0 aliphatic carbocycles. The first-order chi connectivity index (χ1) is 15.9. The Morgan fingerprint density at radius 3 is 2.39 bits per heavy atom. The summed E-state index contributed by atoms with van der Waals surface area (Å²) >= 11 is 0. The number of imidazole rings is 1. The monoisotopic (exact) mass is 456 g/mol. The molecule has 0 aliphatic heterocycles. The SMILES string of the molecule is COC(=O)c1ccc2c(c1)nc(-c1cccc3ccccc13)n2S(=O)(=O)c1ccc(C)cc1. The van der Waals surface area contributed by atoms with Gasteiger partial charge in [-0.15, -0.1) is 0 Å². The van der Waals surface area contributed by atoms with Crippen LogP contribution in [0.2, 0.25) is 0 Å². The van der Waals surface area contributed by atoms with Crippen LogP contribution >= 0.6 is 0 Å². The van der Waals surface area contributed by atoms with E-state index in [0.717, 1.165) is 16.3 Å². The molecule has 0 spiro atoms. The quantitative estimate of drug-likeness (QED) is 0.348. The summed E-state index contributed by atoms with van der Waals surface area (Å²) < 4.78 is 33.8. The van der Waals surface area contributed by atoms with E-state index in [2.05, 4.69) is 0 Å². The van der Waals surface area contributed by atoms with Crippen molar-refractivity contribution < 1.29 is 17.9 Å². The molecule has 0 unspecified atom stereocenters. The van der Waals surface area contributed by atoms with Crippen LogP contribution in [0.1, 0.15) is 15.9 Å². The largest absolute Gasteiger partial charge is 0.465 e. The molecule has 0 bridgehead atoms. The van der Waals surface area contributed by atoms with Crippen LogP contribution in [0.4, 0.5) is 0 Å². The van der Waals surface area contributed by atoms with Crippen LogP contribution in [0.3, 0.4) is 0 Å². The number of hydrogen-bond acceptors (Lipinski definition) is 5. The van der Waals surface area contributed by atoms with Gasteiger partial charge in [0.05, 0.1) is 28.6 Å². The molecule has 5 rings (SSSR count). The van der Waals surface area contributed by atoms with Crippen molar-refractivity contribution in [2.75, 3.05) is 7.11 Å². The lowest BCUT2D eigenvalue weighted by molar-refractivity contribution is 0.0601. The van der Waals surface area contributed by atoms with Gasteiger partial charge in [-0.2, -0.15) is 0 Å². The molecule has 0 radical (unpaired) electrons. The molecule has 0 saturated carbocycles. The molecule has 0 N–H and O–H groups in total. The van der Waals surface area contributed by atoms with E-state index in [9.17, 15) is 13.2 Å². The van der Waals surface area contributed by atoms with Crippen molar-refractivity contribution in [1.82, 2.24) is 8.96 Å². The highest BCUT2D eigenvalue weighted by Crippen LogP contribution is 2.34. The Balaban J connectivity index is 1.86. The number of carbonyl (C=O) groups excluding carboxylic acids is 1. The van der Waals surface area contributed by atoms with Gasteiger partial charge in [0.2, 0.25) is 0 Å². The second-order valence-electron chi connectivity index (χ2n) is 7.74. The molecular weight excluding hydrogens is 436 g/mol. The number of aromatic nitrogens is 2. The number of rotatable bonds is 4. The van der Waals surface area contributed by atoms with Gasteiger partial charge in [-0.05, 0) is 48.0 Å². The average molecular weight is 457 g/mol. The second kappa shape index (κ2) is 7.86. The molecule has 4 aromatic carbocycles. The molecule has 5 aromatic rings. The topological polar surface area (TPSA) is 78.3 Å². The van der Waals surface area contributed by atoms with Crippen molar-refractivity contribution in [3.8, 4) is 11.4 Å². The van der Waals surface area contributed by atoms with E-state index in [-0.39, 0.29) is 10.7 Å². The lowest BCUT2D eigenvalue weighted by Crippen LogP contribution is -2.14. The molecule has 0 fully saturated rings. The minimum absolute atomic E-state index is 0.158. The van der Waals surface area contributed by atoms with Crippen molar-refractivity contribution in [2.45, 2.75) is 11.8 Å². The average Bonchev–Trinajstić information content (AvgIpc) is 3.23. The number of benzene rings is 4. The smallest absolute Gasteiger partial charge is 0.337 e. The third kappa shape index (κ3) is 3.47. The fourth-order valence-electron chi connectivity index (χ4n) is 3.95. The first kappa shape index (κ1) is 20.9. The van der Waals surface area contributed by atoms with Crippen LogP contribution in [-0.4, -0.2) is 30.5 Å². The molecule has 6 nitrogen and oxygen atoms in total. The van der Waals surface area contributed by atoms with Gasteiger partial charge >= 0.3 is 5.97 Å². The summed E-state index contributed by atoms with van der Waals surface area (Å²) in [6.45, 7) is 1.90. The minimum atomic E-state index is -3.99. The number of esters is 1. The van der Waals surface area contributed by atoms with Crippen molar-refractivity contribution in [1.29, 1.82) is 0 Å². The van der Waals surface area contributed by atoms with Crippen molar-refractivity contribution in [3.05, 3.63) is 96.1 Å². The molecule has 1 aromatic heterocycles. The Morgan fingerprint density at radius 1 is 0.909 bits per heavy atom. The molecule has 0 atom stereocenters. The summed E-state index contributed by atoms with van der Waals surface area (Å²) in [5.41, 5.74) is 2.70. The Morgan fingerprint density at radius 2 is 1.64 bits per heavy atom. The third-order valence-corrected chi connectivity index (χ3v) is 7.34. The summed E-state index contributed by atoms with van der Waals surface area (Å²) in [5.74, 6) is -0.232. The fourth-order valence-corrected chi connectivity index (χ4v) is 5.42. The first-order valence-corrected chi connectivity index (χ1v) is 11.8. The summed E-state index contributed by atoms with van der Waals surface area (Å²) in [4.78, 5) is 16.9. The standard InChI is InChI=1S/C26H20N2O4S/c1-17-10-13-20(14-11-17)33(30,31)28-24-15-12-19(26(29)32-2)16-23(24)27-25(28)22-9-5-7-18-6-3-4-8-21(18)22/h3-16H,1-2H3. The molecule has 0 saturated heterocycles. The Kier molecular flexibility index (Phi) is 4.98. The van der Waals surface area contributed by atoms with Crippen molar-refractivity contribution in [2.24, 2.45) is 0 Å². The maximum Gasteiger partial charge on any atom is 0.337 e. The number of carbonyl (C=O) groups is 1. The number of aryl methyl sites for hydroxylation is 1. The number of methoxy groups -OCH3 is 1. The van der Waals surface area contributed by atoms with E-state index in [4.69, 9.17) is 9.72 Å². The maximum absolute atomic E-state index is 13.9. The van der Waals surface area contributed by atoms with Gasteiger partial charge in [0.15, 0.2) is 5.82 Å². The Bertz CT molecular complexity index is 1630. The van der Waals surface area contributed by atoms with Gasteiger partial charge in [0.25, 0.3) is 10.0 Å². The summed E-state index contributed by atoms with van der Waals surface area (Å²) in [6.07, 6.45) is 0. The zero-order valence-corrected chi connectivity index (χ0v) is 18.8. The summed E-state index contributed by atoms with van der Waals surface area (Å²) in [5, 5.41) is 1.85. The van der Waals surface area contributed by atoms with Crippen LogP contribution < -0.4 is 0 Å². The molecule has 33 heavy (non-hydrogen) atoms. The zero-order chi connectivity index (χ0) is 23.2. The van der Waals surface area contributed by atoms with Crippen molar-refractivity contribution in [3.63, 3.8) is 0 Å². The van der Waals surface area contributed by atoms with Crippen LogP contribution in [0.15, 0.2) is 89.8 Å². The van der Waals surface area contributed by atoms with Gasteiger partial charge in [-0.3, -0.25) is 0 Å². The van der Waals surface area contributed by atoms with Crippen LogP contribution in [0, 0.1) is 6.92 Å².